The molecule has 0 atom stereocenters. The number of carbonyl (C=O) groups is 1. The number of nitrogens with zero attached hydrogens (tertiary/aromatic N) is 1. The van der Waals surface area contributed by atoms with Gasteiger partial charge in [-0.15, -0.1) is 0 Å². The number of para-hydroxylation sites is 1. The zero-order valence-electron chi connectivity index (χ0n) is 11.9. The number of hydrogen-bond donors (Lipinski definition) is 2. The molecule has 110 valence electrons. The molecule has 0 aliphatic heterocycles. The second kappa shape index (κ2) is 5.37. The Hall–Kier alpha value is -3.08. The predicted octanol–water partition coefficient (Wildman–Crippen LogP) is 3.19. The second-order valence-corrected chi connectivity index (χ2v) is 4.78. The van der Waals surface area contributed by atoms with Gasteiger partial charge in [-0.05, 0) is 29.8 Å². The fourth-order valence-corrected chi connectivity index (χ4v) is 2.55. The molecule has 0 saturated heterocycles. The summed E-state index contributed by atoms with van der Waals surface area (Å²) in [5.74, 6) is -0.543. The lowest BCUT2D eigenvalue weighted by Gasteiger charge is -2.15. The van der Waals surface area contributed by atoms with E-state index < -0.39 is 5.97 Å². The Kier molecular flexibility index (Phi) is 3.39. The quantitative estimate of drug-likeness (QED) is 0.724. The van der Waals surface area contributed by atoms with Crippen LogP contribution in [0.2, 0.25) is 0 Å². The summed E-state index contributed by atoms with van der Waals surface area (Å²) in [7, 11) is 1.53. The molecule has 5 nitrogen and oxygen atoms in total. The molecule has 1 aromatic heterocycles. The molecule has 22 heavy (non-hydrogen) atoms. The number of aromatic nitrogens is 1. The van der Waals surface area contributed by atoms with Gasteiger partial charge in [0.05, 0.1) is 23.9 Å². The fourth-order valence-electron chi connectivity index (χ4n) is 2.55. The summed E-state index contributed by atoms with van der Waals surface area (Å²) in [5.41, 5.74) is 8.51. The van der Waals surface area contributed by atoms with Crippen LogP contribution < -0.4 is 10.5 Å². The third kappa shape index (κ3) is 2.13. The van der Waals surface area contributed by atoms with Gasteiger partial charge in [0.1, 0.15) is 5.75 Å². The number of anilines is 1. The topological polar surface area (TPSA) is 85.4 Å². The number of carboxylic acids is 1. The molecular formula is C17H14N2O3. The lowest BCUT2D eigenvalue weighted by molar-refractivity contribution is 0.0698. The van der Waals surface area contributed by atoms with Crippen molar-refractivity contribution in [1.82, 2.24) is 4.98 Å². The van der Waals surface area contributed by atoms with Crippen LogP contribution in [0.15, 0.2) is 48.7 Å². The SMILES string of the molecule is COc1ccc(C(=O)O)c(N)c1-c1ccnc2ccccc12. The molecule has 0 fully saturated rings. The van der Waals surface area contributed by atoms with E-state index in [4.69, 9.17) is 10.5 Å². The van der Waals surface area contributed by atoms with Gasteiger partial charge in [-0.2, -0.15) is 0 Å². The van der Waals surface area contributed by atoms with Crippen molar-refractivity contribution in [3.05, 3.63) is 54.2 Å². The van der Waals surface area contributed by atoms with Crippen molar-refractivity contribution in [2.75, 3.05) is 12.8 Å². The standard InChI is InChI=1S/C17H14N2O3/c1-22-14-7-6-12(17(20)21)16(18)15(14)11-8-9-19-13-5-3-2-4-10(11)13/h2-9H,18H2,1H3,(H,20,21). The number of pyridine rings is 1. The van der Waals surface area contributed by atoms with Gasteiger partial charge in [0.15, 0.2) is 0 Å². The van der Waals surface area contributed by atoms with Crippen molar-refractivity contribution in [3.8, 4) is 16.9 Å². The van der Waals surface area contributed by atoms with Crippen LogP contribution in [0, 0.1) is 0 Å². The van der Waals surface area contributed by atoms with E-state index in [1.807, 2.05) is 30.3 Å². The van der Waals surface area contributed by atoms with E-state index in [0.717, 1.165) is 16.5 Å². The summed E-state index contributed by atoms with van der Waals surface area (Å²) in [5, 5.41) is 10.2. The first-order chi connectivity index (χ1) is 10.6. The van der Waals surface area contributed by atoms with E-state index in [1.54, 1.807) is 12.3 Å². The van der Waals surface area contributed by atoms with Crippen molar-refractivity contribution < 1.29 is 14.6 Å². The number of aromatic carboxylic acids is 1. The smallest absolute Gasteiger partial charge is 0.337 e. The summed E-state index contributed by atoms with van der Waals surface area (Å²) in [6.07, 6.45) is 1.67. The molecule has 2 aromatic carbocycles. The van der Waals surface area contributed by atoms with E-state index in [2.05, 4.69) is 4.98 Å². The van der Waals surface area contributed by atoms with Gasteiger partial charge in [-0.1, -0.05) is 18.2 Å². The normalized spacial score (nSPS) is 10.6. The lowest BCUT2D eigenvalue weighted by atomic mass is 9.96. The van der Waals surface area contributed by atoms with E-state index in [0.29, 0.717) is 11.3 Å². The minimum atomic E-state index is -1.07. The largest absolute Gasteiger partial charge is 0.496 e. The molecule has 0 amide bonds. The van der Waals surface area contributed by atoms with Crippen molar-refractivity contribution in [3.63, 3.8) is 0 Å². The summed E-state index contributed by atoms with van der Waals surface area (Å²) < 4.78 is 5.37. The lowest BCUT2D eigenvalue weighted by Crippen LogP contribution is -2.05. The Bertz CT molecular complexity index is 870. The van der Waals surface area contributed by atoms with Crippen LogP contribution in [0.5, 0.6) is 5.75 Å². The van der Waals surface area contributed by atoms with E-state index in [9.17, 15) is 9.90 Å². The van der Waals surface area contributed by atoms with Gasteiger partial charge >= 0.3 is 5.97 Å². The highest BCUT2D eigenvalue weighted by atomic mass is 16.5. The van der Waals surface area contributed by atoms with Crippen molar-refractivity contribution in [2.45, 2.75) is 0 Å². The van der Waals surface area contributed by atoms with Crippen molar-refractivity contribution in [1.29, 1.82) is 0 Å². The van der Waals surface area contributed by atoms with Gasteiger partial charge in [-0.3, -0.25) is 4.98 Å². The Balaban J connectivity index is 2.39. The molecule has 1 heterocycles. The van der Waals surface area contributed by atoms with Gasteiger partial charge < -0.3 is 15.6 Å². The number of fused-ring (bicyclic) bond motifs is 1. The monoisotopic (exact) mass is 294 g/mol. The van der Waals surface area contributed by atoms with E-state index >= 15 is 0 Å². The van der Waals surface area contributed by atoms with Crippen LogP contribution in [0.4, 0.5) is 5.69 Å². The Morgan fingerprint density at radius 1 is 1.18 bits per heavy atom. The van der Waals surface area contributed by atoms with Gasteiger partial charge in [0.25, 0.3) is 0 Å². The van der Waals surface area contributed by atoms with Crippen molar-refractivity contribution >= 4 is 22.6 Å². The number of nitrogens with two attached hydrogens (primary N) is 1. The number of nitrogen functional groups attached to an aromatic ring is 1. The van der Waals surface area contributed by atoms with Crippen LogP contribution in [0.1, 0.15) is 10.4 Å². The molecule has 0 bridgehead atoms. The number of ether oxygens (including phenoxy) is 1. The zero-order chi connectivity index (χ0) is 15.7. The molecule has 0 saturated carbocycles. The summed E-state index contributed by atoms with van der Waals surface area (Å²) >= 11 is 0. The highest BCUT2D eigenvalue weighted by molar-refractivity contribution is 6.05. The van der Waals surface area contributed by atoms with Crippen LogP contribution in [-0.2, 0) is 0 Å². The van der Waals surface area contributed by atoms with Crippen LogP contribution in [0.25, 0.3) is 22.0 Å². The van der Waals surface area contributed by atoms with Crippen molar-refractivity contribution in [2.24, 2.45) is 0 Å². The molecule has 0 radical (unpaired) electrons. The third-order valence-corrected chi connectivity index (χ3v) is 3.58. The van der Waals surface area contributed by atoms with Crippen LogP contribution >= 0.6 is 0 Å². The fraction of sp³-hybridized carbons (Fsp3) is 0.0588. The minimum Gasteiger partial charge on any atom is -0.496 e. The molecule has 0 spiro atoms. The number of benzene rings is 2. The van der Waals surface area contributed by atoms with Gasteiger partial charge in [-0.25, -0.2) is 4.79 Å². The highest BCUT2D eigenvalue weighted by Gasteiger charge is 2.19. The first kappa shape index (κ1) is 13.9. The van der Waals surface area contributed by atoms with E-state index in [-0.39, 0.29) is 11.3 Å². The average molecular weight is 294 g/mol. The maximum Gasteiger partial charge on any atom is 0.337 e. The predicted molar refractivity (Wildman–Crippen MR) is 85.1 cm³/mol. The molecule has 3 rings (SSSR count). The average Bonchev–Trinajstić information content (AvgIpc) is 2.53. The second-order valence-electron chi connectivity index (χ2n) is 4.78. The van der Waals surface area contributed by atoms with Gasteiger partial charge in [0.2, 0.25) is 0 Å². The first-order valence-electron chi connectivity index (χ1n) is 6.67. The maximum absolute atomic E-state index is 11.3. The number of rotatable bonds is 3. The number of carboxylic acid groups (broad SMARTS) is 1. The third-order valence-electron chi connectivity index (χ3n) is 3.58. The molecule has 3 N–H and O–H groups in total. The molecule has 0 unspecified atom stereocenters. The van der Waals surface area contributed by atoms with Crippen LogP contribution in [0.3, 0.4) is 0 Å². The number of methoxy groups -OCH3 is 1. The van der Waals surface area contributed by atoms with Crippen LogP contribution in [-0.4, -0.2) is 23.2 Å². The molecule has 0 aliphatic carbocycles. The zero-order valence-corrected chi connectivity index (χ0v) is 11.9. The Labute approximate surface area is 127 Å². The Morgan fingerprint density at radius 3 is 2.68 bits per heavy atom. The maximum atomic E-state index is 11.3. The number of hydrogen-bond acceptors (Lipinski definition) is 4. The molecular weight excluding hydrogens is 280 g/mol. The molecule has 3 aromatic rings. The summed E-state index contributed by atoms with van der Waals surface area (Å²) in [4.78, 5) is 15.6. The van der Waals surface area contributed by atoms with E-state index in [1.165, 1.54) is 13.2 Å². The first-order valence-corrected chi connectivity index (χ1v) is 6.67. The minimum absolute atomic E-state index is 0.0525. The molecule has 0 aliphatic rings. The summed E-state index contributed by atoms with van der Waals surface area (Å²) in [6, 6.07) is 12.5. The molecule has 5 heteroatoms. The Morgan fingerprint density at radius 2 is 1.95 bits per heavy atom. The van der Waals surface area contributed by atoms with Gasteiger partial charge in [0, 0.05) is 17.1 Å². The highest BCUT2D eigenvalue weighted by Crippen LogP contribution is 2.40. The summed E-state index contributed by atoms with van der Waals surface area (Å²) in [6.45, 7) is 0.